The third-order valence-corrected chi connectivity index (χ3v) is 4.47. The van der Waals surface area contributed by atoms with E-state index >= 15 is 0 Å². The largest absolute Gasteiger partial charge is 0.462 e. The number of ether oxygens (including phenoxy) is 7. The lowest BCUT2D eigenvalue weighted by molar-refractivity contribution is -0.0164. The molecule has 0 aromatic heterocycles. The van der Waals surface area contributed by atoms with Crippen LogP contribution in [0.5, 0.6) is 0 Å². The van der Waals surface area contributed by atoms with Gasteiger partial charge in [-0.3, -0.25) is 0 Å². The Morgan fingerprint density at radius 3 is 1.53 bits per heavy atom. The van der Waals surface area contributed by atoms with Gasteiger partial charge in [0.05, 0.1) is 84.8 Å². The summed E-state index contributed by atoms with van der Waals surface area (Å²) < 4.78 is 37.7. The highest BCUT2D eigenvalue weighted by molar-refractivity contribution is 5.89. The number of anilines is 1. The Labute approximate surface area is 204 Å². The van der Waals surface area contributed by atoms with Gasteiger partial charge in [-0.1, -0.05) is 13.3 Å². The highest BCUT2D eigenvalue weighted by Gasteiger charge is 2.05. The summed E-state index contributed by atoms with van der Waals surface area (Å²) in [5.41, 5.74) is 1.47. The summed E-state index contributed by atoms with van der Waals surface area (Å²) >= 11 is 0. The number of hydrogen-bond acceptors (Lipinski definition) is 9. The lowest BCUT2D eigenvalue weighted by Gasteiger charge is -2.09. The van der Waals surface area contributed by atoms with Gasteiger partial charge in [0.2, 0.25) is 0 Å². The minimum absolute atomic E-state index is 0.309. The number of benzene rings is 1. The van der Waals surface area contributed by atoms with E-state index in [1.807, 2.05) is 12.1 Å². The van der Waals surface area contributed by atoms with Crippen molar-refractivity contribution in [1.82, 2.24) is 0 Å². The lowest BCUT2D eigenvalue weighted by atomic mass is 10.2. The fraction of sp³-hybridized carbons (Fsp3) is 0.720. The van der Waals surface area contributed by atoms with Gasteiger partial charge in [-0.05, 0) is 37.6 Å². The molecule has 0 unspecified atom stereocenters. The molecule has 0 spiro atoms. The number of rotatable bonds is 24. The molecule has 0 atom stereocenters. The Bertz CT molecular complexity index is 585. The highest BCUT2D eigenvalue weighted by Crippen LogP contribution is 2.10. The quantitative estimate of drug-likeness (QED) is 0.175. The highest BCUT2D eigenvalue weighted by atomic mass is 16.6. The molecule has 0 radical (unpaired) electrons. The van der Waals surface area contributed by atoms with Crippen molar-refractivity contribution in [2.24, 2.45) is 0 Å². The molecule has 0 fully saturated rings. The molecule has 0 aliphatic carbocycles. The van der Waals surface area contributed by atoms with Gasteiger partial charge < -0.3 is 38.5 Å². The molecule has 0 amide bonds. The summed E-state index contributed by atoms with van der Waals surface area (Å²) in [6, 6.07) is 7.18. The molecule has 34 heavy (non-hydrogen) atoms. The van der Waals surface area contributed by atoms with E-state index in [1.54, 1.807) is 19.1 Å². The molecular formula is C25H43NO8. The number of esters is 1. The first-order valence-electron chi connectivity index (χ1n) is 12.3. The van der Waals surface area contributed by atoms with Gasteiger partial charge in [0.1, 0.15) is 0 Å². The van der Waals surface area contributed by atoms with Crippen LogP contribution in [-0.2, 0) is 33.2 Å². The summed E-state index contributed by atoms with van der Waals surface area (Å²) in [6.07, 6.45) is 2.24. The van der Waals surface area contributed by atoms with Crippen molar-refractivity contribution in [3.63, 3.8) is 0 Å². The Morgan fingerprint density at radius 1 is 0.647 bits per heavy atom. The standard InChI is InChI=1S/C25H43NO8/c1-3-5-11-28-13-15-30-17-19-32-21-22-33-20-18-31-16-14-29-12-10-26-24-8-6-23(7-9-24)25(27)34-4-2/h6-9,26H,3-5,10-22H2,1-2H3. The average molecular weight is 486 g/mol. The van der Waals surface area contributed by atoms with E-state index in [0.29, 0.717) is 91.4 Å². The molecule has 1 aromatic carbocycles. The molecule has 0 saturated carbocycles. The Balaban J connectivity index is 1.78. The first kappa shape index (κ1) is 30.3. The predicted octanol–water partition coefficient (Wildman–Crippen LogP) is 3.17. The smallest absolute Gasteiger partial charge is 0.338 e. The number of unbranched alkanes of at least 4 members (excludes halogenated alkanes) is 1. The molecule has 0 aliphatic rings. The Kier molecular flexibility index (Phi) is 20.5. The molecular weight excluding hydrogens is 442 g/mol. The molecule has 9 nitrogen and oxygen atoms in total. The van der Waals surface area contributed by atoms with E-state index < -0.39 is 0 Å². The van der Waals surface area contributed by atoms with Crippen LogP contribution in [0.3, 0.4) is 0 Å². The van der Waals surface area contributed by atoms with Crippen LogP contribution in [0.25, 0.3) is 0 Å². The minimum Gasteiger partial charge on any atom is -0.462 e. The molecule has 1 aromatic rings. The van der Waals surface area contributed by atoms with E-state index in [0.717, 1.165) is 25.1 Å². The predicted molar refractivity (Wildman–Crippen MR) is 131 cm³/mol. The van der Waals surface area contributed by atoms with E-state index in [-0.39, 0.29) is 5.97 Å². The summed E-state index contributed by atoms with van der Waals surface area (Å²) in [7, 11) is 0. The maximum atomic E-state index is 11.6. The van der Waals surface area contributed by atoms with Gasteiger partial charge >= 0.3 is 5.97 Å². The second-order valence-corrected chi connectivity index (χ2v) is 7.25. The number of hydrogen-bond donors (Lipinski definition) is 1. The fourth-order valence-corrected chi connectivity index (χ4v) is 2.65. The zero-order valence-corrected chi connectivity index (χ0v) is 20.9. The van der Waals surface area contributed by atoms with Crippen LogP contribution in [0.2, 0.25) is 0 Å². The topological polar surface area (TPSA) is 93.7 Å². The number of nitrogens with one attached hydrogen (secondary N) is 1. The van der Waals surface area contributed by atoms with E-state index in [9.17, 15) is 4.79 Å². The van der Waals surface area contributed by atoms with Crippen LogP contribution >= 0.6 is 0 Å². The zero-order chi connectivity index (χ0) is 24.5. The summed E-state index contributed by atoms with van der Waals surface area (Å²) in [6.45, 7) is 11.9. The first-order chi connectivity index (χ1) is 16.8. The van der Waals surface area contributed by atoms with Crippen LogP contribution in [0.15, 0.2) is 24.3 Å². The molecule has 0 heterocycles. The van der Waals surface area contributed by atoms with Crippen LogP contribution < -0.4 is 5.32 Å². The summed E-state index contributed by atoms with van der Waals surface area (Å²) in [4.78, 5) is 11.6. The summed E-state index contributed by atoms with van der Waals surface area (Å²) in [5, 5.41) is 3.24. The van der Waals surface area contributed by atoms with Crippen LogP contribution in [-0.4, -0.2) is 98.4 Å². The van der Waals surface area contributed by atoms with E-state index in [2.05, 4.69) is 12.2 Å². The van der Waals surface area contributed by atoms with Gasteiger partial charge in [-0.15, -0.1) is 0 Å². The van der Waals surface area contributed by atoms with E-state index in [1.165, 1.54) is 0 Å². The molecule has 9 heteroatoms. The fourth-order valence-electron chi connectivity index (χ4n) is 2.65. The van der Waals surface area contributed by atoms with Gasteiger partial charge in [-0.2, -0.15) is 0 Å². The molecule has 0 bridgehead atoms. The SMILES string of the molecule is CCCCOCCOCCOCCOCCOCCOCCNc1ccc(C(=O)OCC)cc1. The molecule has 0 aliphatic heterocycles. The first-order valence-corrected chi connectivity index (χ1v) is 12.3. The molecule has 1 N–H and O–H groups in total. The van der Waals surface area contributed by atoms with Crippen molar-refractivity contribution >= 4 is 11.7 Å². The van der Waals surface area contributed by atoms with Gasteiger partial charge in [-0.25, -0.2) is 4.79 Å². The Hall–Kier alpha value is -1.75. The normalized spacial score (nSPS) is 11.0. The third kappa shape index (κ3) is 17.7. The van der Waals surface area contributed by atoms with Gasteiger partial charge in [0, 0.05) is 18.8 Å². The van der Waals surface area contributed by atoms with Gasteiger partial charge in [0.15, 0.2) is 0 Å². The van der Waals surface area contributed by atoms with Crippen molar-refractivity contribution in [1.29, 1.82) is 0 Å². The van der Waals surface area contributed by atoms with Crippen LogP contribution in [0.4, 0.5) is 5.69 Å². The monoisotopic (exact) mass is 485 g/mol. The minimum atomic E-state index is -0.309. The Morgan fingerprint density at radius 2 is 1.09 bits per heavy atom. The van der Waals surface area contributed by atoms with E-state index in [4.69, 9.17) is 33.2 Å². The lowest BCUT2D eigenvalue weighted by Crippen LogP contribution is -2.15. The van der Waals surface area contributed by atoms with Crippen molar-refractivity contribution in [2.75, 3.05) is 97.8 Å². The number of carbonyl (C=O) groups is 1. The average Bonchev–Trinajstić information content (AvgIpc) is 2.85. The van der Waals surface area contributed by atoms with Crippen molar-refractivity contribution < 1.29 is 38.0 Å². The maximum Gasteiger partial charge on any atom is 0.338 e. The van der Waals surface area contributed by atoms with Crippen molar-refractivity contribution in [2.45, 2.75) is 26.7 Å². The molecule has 196 valence electrons. The maximum absolute atomic E-state index is 11.6. The summed E-state index contributed by atoms with van der Waals surface area (Å²) in [5.74, 6) is -0.309. The second-order valence-electron chi connectivity index (χ2n) is 7.25. The molecule has 0 saturated heterocycles. The van der Waals surface area contributed by atoms with Crippen LogP contribution in [0, 0.1) is 0 Å². The van der Waals surface area contributed by atoms with Crippen molar-refractivity contribution in [3.8, 4) is 0 Å². The number of carbonyl (C=O) groups excluding carboxylic acids is 1. The van der Waals surface area contributed by atoms with Crippen molar-refractivity contribution in [3.05, 3.63) is 29.8 Å². The van der Waals surface area contributed by atoms with Gasteiger partial charge in [0.25, 0.3) is 0 Å². The van der Waals surface area contributed by atoms with Crippen LogP contribution in [0.1, 0.15) is 37.0 Å². The zero-order valence-electron chi connectivity index (χ0n) is 20.9. The third-order valence-electron chi connectivity index (χ3n) is 4.47. The second kappa shape index (κ2) is 23.0. The molecule has 1 rings (SSSR count).